The lowest BCUT2D eigenvalue weighted by atomic mass is 10.3. The second kappa shape index (κ2) is 10.6. The van der Waals surface area contributed by atoms with Gasteiger partial charge in [0.15, 0.2) is 17.0 Å². The minimum atomic E-state index is 0.233. The maximum atomic E-state index is 6.08. The number of fused-ring (bicyclic) bond motifs is 1. The van der Waals surface area contributed by atoms with Gasteiger partial charge >= 0.3 is 6.01 Å². The van der Waals surface area contributed by atoms with Crippen LogP contribution in [0.4, 0.5) is 5.82 Å². The number of unbranched alkanes of at least 4 members (excludes halogenated alkanes) is 2. The van der Waals surface area contributed by atoms with Gasteiger partial charge in [0.25, 0.3) is 6.01 Å². The van der Waals surface area contributed by atoms with Gasteiger partial charge in [-0.05, 0) is 31.4 Å². The number of nitrogens with two attached hydrogens (primary N) is 2. The number of anilines is 1. The molecule has 10 nitrogen and oxygen atoms in total. The van der Waals surface area contributed by atoms with E-state index in [0.29, 0.717) is 49.4 Å². The Morgan fingerprint density at radius 3 is 2.57 bits per heavy atom. The summed E-state index contributed by atoms with van der Waals surface area (Å²) in [5.74, 6) is 0.833. The number of rotatable bonds is 12. The number of ether oxygens (including phenoxy) is 3. The van der Waals surface area contributed by atoms with Crippen molar-refractivity contribution in [2.45, 2.75) is 39.2 Å². The molecule has 3 rings (SSSR count). The molecule has 0 spiro atoms. The van der Waals surface area contributed by atoms with Crippen molar-refractivity contribution in [2.75, 3.05) is 32.6 Å². The average molecular weight is 415 g/mol. The number of methoxy groups -OCH3 is 1. The van der Waals surface area contributed by atoms with Gasteiger partial charge in [-0.25, -0.2) is 4.98 Å². The summed E-state index contributed by atoms with van der Waals surface area (Å²) in [4.78, 5) is 17.5. The third-order valence-corrected chi connectivity index (χ3v) is 4.46. The van der Waals surface area contributed by atoms with Crippen LogP contribution in [0.2, 0.25) is 0 Å². The fourth-order valence-electron chi connectivity index (χ4n) is 2.85. The number of imidazole rings is 1. The molecule has 0 saturated carbocycles. The normalized spacial score (nSPS) is 11.0. The third kappa shape index (κ3) is 5.26. The molecule has 0 saturated heterocycles. The summed E-state index contributed by atoms with van der Waals surface area (Å²) < 4.78 is 18.5. The molecule has 0 atom stereocenters. The van der Waals surface area contributed by atoms with Crippen LogP contribution >= 0.6 is 0 Å². The predicted octanol–water partition coefficient (Wildman–Crippen LogP) is 2.16. The summed E-state index contributed by atoms with van der Waals surface area (Å²) in [6, 6.07) is 4.40. The van der Waals surface area contributed by atoms with Crippen molar-refractivity contribution in [1.29, 1.82) is 0 Å². The first-order valence-corrected chi connectivity index (χ1v) is 10.1. The highest BCUT2D eigenvalue weighted by molar-refractivity contribution is 5.83. The van der Waals surface area contributed by atoms with Gasteiger partial charge in [0, 0.05) is 12.3 Å². The molecule has 30 heavy (non-hydrogen) atoms. The molecule has 0 radical (unpaired) electrons. The van der Waals surface area contributed by atoms with Crippen LogP contribution in [-0.4, -0.2) is 51.4 Å². The van der Waals surface area contributed by atoms with E-state index in [9.17, 15) is 0 Å². The van der Waals surface area contributed by atoms with E-state index in [-0.39, 0.29) is 11.8 Å². The van der Waals surface area contributed by atoms with E-state index >= 15 is 0 Å². The second-order valence-electron chi connectivity index (χ2n) is 6.80. The van der Waals surface area contributed by atoms with Crippen LogP contribution in [0.15, 0.2) is 18.3 Å². The zero-order chi connectivity index (χ0) is 21.3. The highest BCUT2D eigenvalue weighted by atomic mass is 16.5. The SMILES string of the molecule is CCCCOc1nc(N)c2nc(OC)n(Cc3ccc(OCCCCN)nc3)c2n1. The molecule has 3 aromatic rings. The van der Waals surface area contributed by atoms with Crippen LogP contribution in [0.1, 0.15) is 38.2 Å². The predicted molar refractivity (Wildman–Crippen MR) is 114 cm³/mol. The first-order valence-electron chi connectivity index (χ1n) is 10.1. The Morgan fingerprint density at radius 2 is 1.87 bits per heavy atom. The van der Waals surface area contributed by atoms with Crippen molar-refractivity contribution >= 4 is 17.0 Å². The molecule has 0 aliphatic heterocycles. The highest BCUT2D eigenvalue weighted by Crippen LogP contribution is 2.26. The largest absolute Gasteiger partial charge is 0.478 e. The zero-order valence-corrected chi connectivity index (χ0v) is 17.5. The molecule has 162 valence electrons. The lowest BCUT2D eigenvalue weighted by Gasteiger charge is -2.09. The smallest absolute Gasteiger partial charge is 0.320 e. The summed E-state index contributed by atoms with van der Waals surface area (Å²) in [6.45, 7) is 4.33. The van der Waals surface area contributed by atoms with Gasteiger partial charge in [-0.1, -0.05) is 19.4 Å². The summed E-state index contributed by atoms with van der Waals surface area (Å²) in [5, 5.41) is 0. The number of nitrogens with zero attached hydrogens (tertiary/aromatic N) is 5. The second-order valence-corrected chi connectivity index (χ2v) is 6.80. The van der Waals surface area contributed by atoms with E-state index < -0.39 is 0 Å². The van der Waals surface area contributed by atoms with Crippen LogP contribution in [-0.2, 0) is 6.54 Å². The lowest BCUT2D eigenvalue weighted by Crippen LogP contribution is -2.07. The first kappa shape index (κ1) is 21.6. The Balaban J connectivity index is 1.80. The van der Waals surface area contributed by atoms with E-state index in [4.69, 9.17) is 25.7 Å². The monoisotopic (exact) mass is 415 g/mol. The van der Waals surface area contributed by atoms with Crippen LogP contribution in [0.3, 0.4) is 0 Å². The molecule has 10 heteroatoms. The fourth-order valence-corrected chi connectivity index (χ4v) is 2.85. The molecule has 3 aromatic heterocycles. The van der Waals surface area contributed by atoms with Crippen LogP contribution in [0.25, 0.3) is 11.2 Å². The molecule has 0 fully saturated rings. The topological polar surface area (TPSA) is 136 Å². The standard InChI is InChI=1S/C20H29N7O3/c1-3-4-10-30-19-25-17(22)16-18(26-19)27(20(24-16)28-2)13-14-7-8-15(23-12-14)29-11-6-5-9-21/h7-8,12H,3-6,9-11,13,21H2,1-2H3,(H2,22,25,26). The van der Waals surface area contributed by atoms with Gasteiger partial charge in [-0.3, -0.25) is 4.57 Å². The molecule has 0 aliphatic rings. The molecule has 0 amide bonds. The van der Waals surface area contributed by atoms with Gasteiger partial charge in [0.1, 0.15) is 0 Å². The Bertz CT molecular complexity index is 944. The van der Waals surface area contributed by atoms with Crippen molar-refractivity contribution in [3.05, 3.63) is 23.9 Å². The van der Waals surface area contributed by atoms with Gasteiger partial charge in [0.05, 0.1) is 26.9 Å². The minimum absolute atomic E-state index is 0.233. The highest BCUT2D eigenvalue weighted by Gasteiger charge is 2.18. The zero-order valence-electron chi connectivity index (χ0n) is 17.5. The van der Waals surface area contributed by atoms with Gasteiger partial charge in [-0.2, -0.15) is 15.0 Å². The van der Waals surface area contributed by atoms with Crippen molar-refractivity contribution in [3.8, 4) is 17.9 Å². The van der Waals surface area contributed by atoms with Crippen LogP contribution in [0, 0.1) is 0 Å². The third-order valence-electron chi connectivity index (χ3n) is 4.46. The summed E-state index contributed by atoms with van der Waals surface area (Å²) in [7, 11) is 1.55. The molecule has 0 bridgehead atoms. The van der Waals surface area contributed by atoms with Gasteiger partial charge < -0.3 is 25.7 Å². The van der Waals surface area contributed by atoms with Crippen LogP contribution in [0.5, 0.6) is 17.9 Å². The molecule has 0 unspecified atom stereocenters. The minimum Gasteiger partial charge on any atom is -0.478 e. The van der Waals surface area contributed by atoms with E-state index in [1.165, 1.54) is 0 Å². The van der Waals surface area contributed by atoms with E-state index in [1.807, 2.05) is 16.7 Å². The Hall–Kier alpha value is -3.14. The van der Waals surface area contributed by atoms with Gasteiger partial charge in [-0.15, -0.1) is 0 Å². The number of pyridine rings is 1. The molecule has 4 N–H and O–H groups in total. The van der Waals surface area contributed by atoms with Crippen molar-refractivity contribution < 1.29 is 14.2 Å². The Morgan fingerprint density at radius 1 is 1.03 bits per heavy atom. The van der Waals surface area contributed by atoms with E-state index in [1.54, 1.807) is 13.3 Å². The lowest BCUT2D eigenvalue weighted by molar-refractivity contribution is 0.286. The molecule has 0 aliphatic carbocycles. The molecular formula is C20H29N7O3. The van der Waals surface area contributed by atoms with E-state index in [0.717, 1.165) is 31.2 Å². The maximum Gasteiger partial charge on any atom is 0.320 e. The number of nitrogen functional groups attached to an aromatic ring is 1. The average Bonchev–Trinajstić information content (AvgIpc) is 3.11. The number of hydrogen-bond acceptors (Lipinski definition) is 9. The van der Waals surface area contributed by atoms with E-state index in [2.05, 4.69) is 26.9 Å². The Kier molecular flexibility index (Phi) is 7.61. The number of aromatic nitrogens is 5. The molecule has 0 aromatic carbocycles. The summed E-state index contributed by atoms with van der Waals surface area (Å²) in [6.07, 6.45) is 5.52. The fraction of sp³-hybridized carbons (Fsp3) is 0.500. The van der Waals surface area contributed by atoms with Crippen molar-refractivity contribution in [3.63, 3.8) is 0 Å². The maximum absolute atomic E-state index is 6.08. The summed E-state index contributed by atoms with van der Waals surface area (Å²) >= 11 is 0. The quantitative estimate of drug-likeness (QED) is 0.426. The van der Waals surface area contributed by atoms with Crippen molar-refractivity contribution in [1.82, 2.24) is 24.5 Å². The Labute approximate surface area is 175 Å². The van der Waals surface area contributed by atoms with Gasteiger partial charge in [0.2, 0.25) is 5.88 Å². The van der Waals surface area contributed by atoms with Crippen LogP contribution < -0.4 is 25.7 Å². The summed E-state index contributed by atoms with van der Waals surface area (Å²) in [5.41, 5.74) is 13.5. The first-order chi connectivity index (χ1) is 14.7. The molecular weight excluding hydrogens is 386 g/mol. The van der Waals surface area contributed by atoms with Crippen molar-refractivity contribution in [2.24, 2.45) is 5.73 Å². The number of hydrogen-bond donors (Lipinski definition) is 2. The molecule has 3 heterocycles.